The van der Waals surface area contributed by atoms with Gasteiger partial charge < -0.3 is 15.2 Å². The van der Waals surface area contributed by atoms with Crippen LogP contribution in [0.4, 0.5) is 0 Å². The number of pyridine rings is 2. The minimum Gasteiger partial charge on any atom is -0.493 e. The van der Waals surface area contributed by atoms with E-state index in [9.17, 15) is 9.90 Å². The molecular weight excluding hydrogens is 346 g/mol. The molecule has 0 bridgehead atoms. The molecule has 4 rings (SSSR count). The van der Waals surface area contributed by atoms with E-state index < -0.39 is 0 Å². The molecule has 0 atom stereocenters. The minimum atomic E-state index is -0.150. The van der Waals surface area contributed by atoms with E-state index in [-0.39, 0.29) is 17.3 Å². The summed E-state index contributed by atoms with van der Waals surface area (Å²) in [6.45, 7) is 2.02. The van der Waals surface area contributed by atoms with Crippen LogP contribution in [0.1, 0.15) is 30.1 Å². The molecule has 138 valence electrons. The van der Waals surface area contributed by atoms with Gasteiger partial charge in [-0.2, -0.15) is 9.78 Å². The SMILES string of the molecule is COc1cc(-c2cnn(-c3ccc(C(=O)NC4(C)CC4)cn3)c2O)ccn1. The fourth-order valence-corrected chi connectivity index (χ4v) is 2.71. The molecule has 0 radical (unpaired) electrons. The topological polar surface area (TPSA) is 102 Å². The highest BCUT2D eigenvalue weighted by atomic mass is 16.5. The van der Waals surface area contributed by atoms with Crippen LogP contribution in [0.3, 0.4) is 0 Å². The monoisotopic (exact) mass is 365 g/mol. The molecule has 0 saturated heterocycles. The van der Waals surface area contributed by atoms with Crippen molar-refractivity contribution in [2.75, 3.05) is 7.11 Å². The molecule has 27 heavy (non-hydrogen) atoms. The molecule has 0 aliphatic heterocycles. The average molecular weight is 365 g/mol. The second kappa shape index (κ2) is 6.39. The van der Waals surface area contributed by atoms with Gasteiger partial charge in [0.05, 0.1) is 24.4 Å². The number of rotatable bonds is 5. The zero-order valence-corrected chi connectivity index (χ0v) is 15.0. The first-order valence-electron chi connectivity index (χ1n) is 8.55. The van der Waals surface area contributed by atoms with Crippen molar-refractivity contribution in [2.45, 2.75) is 25.3 Å². The Morgan fingerprint density at radius 3 is 2.74 bits per heavy atom. The Kier molecular flexibility index (Phi) is 4.02. The van der Waals surface area contributed by atoms with Crippen molar-refractivity contribution in [3.8, 4) is 28.7 Å². The highest BCUT2D eigenvalue weighted by Gasteiger charge is 2.38. The van der Waals surface area contributed by atoms with E-state index in [1.54, 1.807) is 36.7 Å². The number of carbonyl (C=O) groups is 1. The van der Waals surface area contributed by atoms with Crippen LogP contribution in [0.15, 0.2) is 42.9 Å². The molecule has 3 heterocycles. The van der Waals surface area contributed by atoms with Crippen LogP contribution >= 0.6 is 0 Å². The molecule has 1 aliphatic rings. The largest absolute Gasteiger partial charge is 0.493 e. The van der Waals surface area contributed by atoms with Crippen molar-refractivity contribution in [1.82, 2.24) is 25.1 Å². The molecule has 0 unspecified atom stereocenters. The second-order valence-electron chi connectivity index (χ2n) is 6.80. The fourth-order valence-electron chi connectivity index (χ4n) is 2.71. The first-order valence-corrected chi connectivity index (χ1v) is 8.55. The molecule has 3 aromatic heterocycles. The summed E-state index contributed by atoms with van der Waals surface area (Å²) in [6.07, 6.45) is 6.60. The summed E-state index contributed by atoms with van der Waals surface area (Å²) < 4.78 is 6.42. The standard InChI is InChI=1S/C19H19N5O3/c1-19(6-7-19)23-17(25)13-3-4-15(21-10-13)24-18(26)14(11-22-24)12-5-8-20-16(9-12)27-2/h3-5,8-11,26H,6-7H2,1-2H3,(H,23,25). The summed E-state index contributed by atoms with van der Waals surface area (Å²) in [5.74, 6) is 0.646. The van der Waals surface area contributed by atoms with Crippen molar-refractivity contribution >= 4 is 5.91 Å². The molecule has 8 nitrogen and oxygen atoms in total. The van der Waals surface area contributed by atoms with E-state index in [1.807, 2.05) is 6.92 Å². The lowest BCUT2D eigenvalue weighted by molar-refractivity contribution is 0.0935. The Bertz CT molecular complexity index is 993. The molecule has 0 aromatic carbocycles. The van der Waals surface area contributed by atoms with Gasteiger partial charge in [-0.25, -0.2) is 9.97 Å². The maximum absolute atomic E-state index is 12.2. The molecule has 0 spiro atoms. The summed E-state index contributed by atoms with van der Waals surface area (Å²) in [5.41, 5.74) is 1.63. The molecule has 2 N–H and O–H groups in total. The van der Waals surface area contributed by atoms with E-state index in [4.69, 9.17) is 4.74 Å². The number of nitrogens with one attached hydrogen (secondary N) is 1. The van der Waals surface area contributed by atoms with Crippen LogP contribution in [-0.4, -0.2) is 43.4 Å². The molecular formula is C19H19N5O3. The van der Waals surface area contributed by atoms with Crippen molar-refractivity contribution < 1.29 is 14.6 Å². The van der Waals surface area contributed by atoms with Gasteiger partial charge in [-0.05, 0) is 43.5 Å². The van der Waals surface area contributed by atoms with Crippen LogP contribution in [0.25, 0.3) is 16.9 Å². The van der Waals surface area contributed by atoms with E-state index in [0.29, 0.717) is 22.8 Å². The number of aromatic nitrogens is 4. The number of nitrogens with zero attached hydrogens (tertiary/aromatic N) is 4. The van der Waals surface area contributed by atoms with Crippen LogP contribution in [0.2, 0.25) is 0 Å². The number of hydrogen-bond donors (Lipinski definition) is 2. The number of amides is 1. The maximum Gasteiger partial charge on any atom is 0.253 e. The summed E-state index contributed by atoms with van der Waals surface area (Å²) in [4.78, 5) is 20.5. The van der Waals surface area contributed by atoms with Gasteiger partial charge in [0.15, 0.2) is 5.82 Å². The van der Waals surface area contributed by atoms with E-state index >= 15 is 0 Å². The first-order chi connectivity index (χ1) is 13.0. The van der Waals surface area contributed by atoms with Gasteiger partial charge in [0.25, 0.3) is 5.91 Å². The summed E-state index contributed by atoms with van der Waals surface area (Å²) in [6, 6.07) is 6.77. The van der Waals surface area contributed by atoms with E-state index in [0.717, 1.165) is 18.4 Å². The number of carbonyl (C=O) groups excluding carboxylic acids is 1. The summed E-state index contributed by atoms with van der Waals surface area (Å²) in [5, 5.41) is 17.7. The third-order valence-corrected chi connectivity index (χ3v) is 4.64. The molecule has 1 aliphatic carbocycles. The second-order valence-corrected chi connectivity index (χ2v) is 6.80. The van der Waals surface area contributed by atoms with Gasteiger partial charge in [-0.15, -0.1) is 0 Å². The van der Waals surface area contributed by atoms with Crippen molar-refractivity contribution in [2.24, 2.45) is 0 Å². The lowest BCUT2D eigenvalue weighted by Crippen LogP contribution is -2.34. The molecule has 8 heteroatoms. The highest BCUT2D eigenvalue weighted by molar-refractivity contribution is 5.94. The first kappa shape index (κ1) is 17.0. The van der Waals surface area contributed by atoms with Gasteiger partial charge in [0.1, 0.15) is 0 Å². The number of aromatic hydroxyl groups is 1. The van der Waals surface area contributed by atoms with E-state index in [1.165, 1.54) is 18.0 Å². The predicted molar refractivity (Wildman–Crippen MR) is 97.9 cm³/mol. The van der Waals surface area contributed by atoms with Gasteiger partial charge in [-0.3, -0.25) is 4.79 Å². The van der Waals surface area contributed by atoms with Gasteiger partial charge in [-0.1, -0.05) is 0 Å². The molecule has 1 saturated carbocycles. The smallest absolute Gasteiger partial charge is 0.253 e. The zero-order chi connectivity index (χ0) is 19.0. The van der Waals surface area contributed by atoms with Gasteiger partial charge in [0.2, 0.25) is 11.8 Å². The van der Waals surface area contributed by atoms with Crippen LogP contribution in [-0.2, 0) is 0 Å². The third-order valence-electron chi connectivity index (χ3n) is 4.64. The van der Waals surface area contributed by atoms with E-state index in [2.05, 4.69) is 20.4 Å². The number of methoxy groups -OCH3 is 1. The van der Waals surface area contributed by atoms with Crippen LogP contribution in [0, 0.1) is 0 Å². The normalized spacial score (nSPS) is 14.6. The van der Waals surface area contributed by atoms with Gasteiger partial charge in [0, 0.05) is 24.0 Å². The van der Waals surface area contributed by atoms with Crippen molar-refractivity contribution in [3.63, 3.8) is 0 Å². The van der Waals surface area contributed by atoms with Gasteiger partial charge >= 0.3 is 0 Å². The molecule has 1 fully saturated rings. The lowest BCUT2D eigenvalue weighted by atomic mass is 10.1. The molecule has 3 aromatic rings. The van der Waals surface area contributed by atoms with Crippen molar-refractivity contribution in [1.29, 1.82) is 0 Å². The minimum absolute atomic E-state index is 0.0570. The number of ether oxygens (including phenoxy) is 1. The fraction of sp³-hybridized carbons (Fsp3) is 0.263. The zero-order valence-electron chi connectivity index (χ0n) is 15.0. The van der Waals surface area contributed by atoms with Crippen LogP contribution in [0.5, 0.6) is 11.8 Å². The van der Waals surface area contributed by atoms with Crippen molar-refractivity contribution in [3.05, 3.63) is 48.4 Å². The summed E-state index contributed by atoms with van der Waals surface area (Å²) in [7, 11) is 1.53. The quantitative estimate of drug-likeness (QED) is 0.719. The Morgan fingerprint density at radius 2 is 2.07 bits per heavy atom. The Hall–Kier alpha value is -3.42. The maximum atomic E-state index is 12.2. The number of hydrogen-bond acceptors (Lipinski definition) is 6. The lowest BCUT2D eigenvalue weighted by Gasteiger charge is -2.11. The molecule has 1 amide bonds. The Balaban J connectivity index is 1.58. The predicted octanol–water partition coefficient (Wildman–Crippen LogP) is 2.33. The summed E-state index contributed by atoms with van der Waals surface area (Å²) >= 11 is 0. The average Bonchev–Trinajstić information content (AvgIpc) is 3.28. The highest BCUT2D eigenvalue weighted by Crippen LogP contribution is 2.34. The Labute approximate surface area is 155 Å². The van der Waals surface area contributed by atoms with Crippen LogP contribution < -0.4 is 10.1 Å². The third kappa shape index (κ3) is 3.33. The Morgan fingerprint density at radius 1 is 1.26 bits per heavy atom.